The summed E-state index contributed by atoms with van der Waals surface area (Å²) >= 11 is 0. The van der Waals surface area contributed by atoms with Gasteiger partial charge in [-0.15, -0.1) is 12.4 Å². The van der Waals surface area contributed by atoms with Gasteiger partial charge in [0.1, 0.15) is 0 Å². The van der Waals surface area contributed by atoms with Crippen molar-refractivity contribution in [3.63, 3.8) is 0 Å². The number of aliphatic hydroxyl groups excluding tert-OH is 1. The van der Waals surface area contributed by atoms with Crippen molar-refractivity contribution in [1.29, 1.82) is 0 Å². The zero-order valence-electron chi connectivity index (χ0n) is 7.73. The van der Waals surface area contributed by atoms with Crippen LogP contribution in [0.5, 0.6) is 0 Å². The lowest BCUT2D eigenvalue weighted by molar-refractivity contribution is 0.192. The molecule has 3 N–H and O–H groups in total. The van der Waals surface area contributed by atoms with Crippen molar-refractivity contribution in [2.45, 2.75) is 18.9 Å². The number of nitrogens with two attached hydrogens (primary N) is 1. The largest absolute Gasteiger partial charge is 0.394 e. The van der Waals surface area contributed by atoms with Crippen molar-refractivity contribution in [2.75, 3.05) is 6.61 Å². The van der Waals surface area contributed by atoms with Gasteiger partial charge in [0.2, 0.25) is 0 Å². The molecule has 13 heavy (non-hydrogen) atoms. The molecule has 0 bridgehead atoms. The standard InChI is InChI=1S/C10H15NO.ClH/c1-2-10(11,8-12)9-6-4-3-5-7-9;/h3-7,12H,2,8,11H2,1H3;1H. The molecule has 0 saturated carbocycles. The normalized spacial score (nSPS) is 14.4. The average Bonchev–Trinajstić information content (AvgIpc) is 2.18. The molecule has 2 nitrogen and oxygen atoms in total. The molecule has 0 spiro atoms. The zero-order valence-corrected chi connectivity index (χ0v) is 8.55. The van der Waals surface area contributed by atoms with E-state index in [1.54, 1.807) is 0 Å². The lowest BCUT2D eigenvalue weighted by Crippen LogP contribution is -2.39. The summed E-state index contributed by atoms with van der Waals surface area (Å²) < 4.78 is 0. The minimum Gasteiger partial charge on any atom is -0.394 e. The van der Waals surface area contributed by atoms with Crippen molar-refractivity contribution in [3.8, 4) is 0 Å². The Bertz CT molecular complexity index is 234. The maximum Gasteiger partial charge on any atom is 0.0653 e. The van der Waals surface area contributed by atoms with Crippen LogP contribution in [0, 0.1) is 0 Å². The first kappa shape index (κ1) is 12.4. The molecule has 1 aromatic carbocycles. The van der Waals surface area contributed by atoms with Gasteiger partial charge in [0, 0.05) is 0 Å². The van der Waals surface area contributed by atoms with Gasteiger partial charge in [-0.25, -0.2) is 0 Å². The van der Waals surface area contributed by atoms with Crippen LogP contribution in [0.25, 0.3) is 0 Å². The van der Waals surface area contributed by atoms with Crippen LogP contribution in [-0.2, 0) is 5.54 Å². The number of rotatable bonds is 3. The number of hydrogen-bond donors (Lipinski definition) is 2. The minimum atomic E-state index is -0.568. The number of halogens is 1. The predicted octanol–water partition coefficient (Wildman–Crippen LogP) is 1.66. The SMILES string of the molecule is CCC(N)(CO)c1ccccc1.Cl. The maximum absolute atomic E-state index is 9.11. The summed E-state index contributed by atoms with van der Waals surface area (Å²) in [6.07, 6.45) is 0.744. The molecule has 0 saturated heterocycles. The van der Waals surface area contributed by atoms with E-state index in [1.165, 1.54) is 0 Å². The first-order valence-electron chi connectivity index (χ1n) is 4.18. The Hall–Kier alpha value is -0.570. The minimum absolute atomic E-state index is 0. The van der Waals surface area contributed by atoms with Gasteiger partial charge >= 0.3 is 0 Å². The van der Waals surface area contributed by atoms with Crippen LogP contribution >= 0.6 is 12.4 Å². The fourth-order valence-electron chi connectivity index (χ4n) is 1.18. The molecule has 1 unspecified atom stereocenters. The van der Waals surface area contributed by atoms with Crippen LogP contribution in [0.2, 0.25) is 0 Å². The van der Waals surface area contributed by atoms with Gasteiger partial charge < -0.3 is 10.8 Å². The molecule has 3 heteroatoms. The van der Waals surface area contributed by atoms with Gasteiger partial charge in [-0.3, -0.25) is 0 Å². The van der Waals surface area contributed by atoms with Crippen molar-refractivity contribution in [1.82, 2.24) is 0 Å². The third-order valence-electron chi connectivity index (χ3n) is 2.26. The van der Waals surface area contributed by atoms with E-state index >= 15 is 0 Å². The molecule has 0 radical (unpaired) electrons. The summed E-state index contributed by atoms with van der Waals surface area (Å²) in [5.74, 6) is 0. The monoisotopic (exact) mass is 201 g/mol. The zero-order chi connectivity index (χ0) is 9.03. The molecule has 74 valence electrons. The van der Waals surface area contributed by atoms with Crippen molar-refractivity contribution in [3.05, 3.63) is 35.9 Å². The van der Waals surface area contributed by atoms with E-state index in [4.69, 9.17) is 10.8 Å². The van der Waals surface area contributed by atoms with Gasteiger partial charge in [0.15, 0.2) is 0 Å². The Morgan fingerprint density at radius 2 is 1.85 bits per heavy atom. The van der Waals surface area contributed by atoms with Crippen LogP contribution in [0.4, 0.5) is 0 Å². The predicted molar refractivity (Wildman–Crippen MR) is 56.9 cm³/mol. The van der Waals surface area contributed by atoms with E-state index in [2.05, 4.69) is 0 Å². The molecular weight excluding hydrogens is 186 g/mol. The second-order valence-corrected chi connectivity index (χ2v) is 3.03. The Morgan fingerprint density at radius 1 is 1.31 bits per heavy atom. The van der Waals surface area contributed by atoms with E-state index in [9.17, 15) is 0 Å². The smallest absolute Gasteiger partial charge is 0.0653 e. The van der Waals surface area contributed by atoms with E-state index in [1.807, 2.05) is 37.3 Å². The summed E-state index contributed by atoms with van der Waals surface area (Å²) in [6, 6.07) is 9.70. The molecule has 0 aliphatic heterocycles. The molecule has 0 aromatic heterocycles. The topological polar surface area (TPSA) is 46.2 Å². The summed E-state index contributed by atoms with van der Waals surface area (Å²) in [6.45, 7) is 1.97. The van der Waals surface area contributed by atoms with E-state index in [0.29, 0.717) is 0 Å². The van der Waals surface area contributed by atoms with Crippen molar-refractivity contribution in [2.24, 2.45) is 5.73 Å². The van der Waals surface area contributed by atoms with Gasteiger partial charge in [0.25, 0.3) is 0 Å². The van der Waals surface area contributed by atoms with Crippen molar-refractivity contribution < 1.29 is 5.11 Å². The highest BCUT2D eigenvalue weighted by Crippen LogP contribution is 2.20. The van der Waals surface area contributed by atoms with Crippen LogP contribution in [0.15, 0.2) is 30.3 Å². The molecule has 1 atom stereocenters. The molecule has 0 aliphatic carbocycles. The van der Waals surface area contributed by atoms with Gasteiger partial charge in [0.05, 0.1) is 12.1 Å². The lowest BCUT2D eigenvalue weighted by atomic mass is 9.89. The lowest BCUT2D eigenvalue weighted by Gasteiger charge is -2.25. The van der Waals surface area contributed by atoms with Gasteiger partial charge in [-0.1, -0.05) is 37.3 Å². The van der Waals surface area contributed by atoms with Crippen LogP contribution in [-0.4, -0.2) is 11.7 Å². The summed E-state index contributed by atoms with van der Waals surface area (Å²) in [7, 11) is 0. The third-order valence-corrected chi connectivity index (χ3v) is 2.26. The third kappa shape index (κ3) is 2.69. The van der Waals surface area contributed by atoms with E-state index < -0.39 is 5.54 Å². The van der Waals surface area contributed by atoms with E-state index in [-0.39, 0.29) is 19.0 Å². The van der Waals surface area contributed by atoms with E-state index in [0.717, 1.165) is 12.0 Å². The maximum atomic E-state index is 9.11. The molecule has 0 aliphatic rings. The first-order chi connectivity index (χ1) is 5.73. The second kappa shape index (κ2) is 5.22. The van der Waals surface area contributed by atoms with Crippen LogP contribution < -0.4 is 5.73 Å². The Labute approximate surface area is 85.2 Å². The molecule has 0 heterocycles. The summed E-state index contributed by atoms with van der Waals surface area (Å²) in [4.78, 5) is 0. The first-order valence-corrected chi connectivity index (χ1v) is 4.18. The number of benzene rings is 1. The Balaban J connectivity index is 0.00000144. The number of aliphatic hydroxyl groups is 1. The molecule has 1 aromatic rings. The summed E-state index contributed by atoms with van der Waals surface area (Å²) in [5, 5.41) is 9.11. The Morgan fingerprint density at radius 3 is 2.23 bits per heavy atom. The fourth-order valence-corrected chi connectivity index (χ4v) is 1.18. The van der Waals surface area contributed by atoms with Crippen LogP contribution in [0.3, 0.4) is 0 Å². The van der Waals surface area contributed by atoms with Crippen molar-refractivity contribution >= 4 is 12.4 Å². The second-order valence-electron chi connectivity index (χ2n) is 3.03. The summed E-state index contributed by atoms with van der Waals surface area (Å²) in [5.41, 5.74) is 6.40. The molecular formula is C10H16ClNO. The average molecular weight is 202 g/mol. The van der Waals surface area contributed by atoms with Gasteiger partial charge in [-0.05, 0) is 12.0 Å². The molecule has 0 amide bonds. The van der Waals surface area contributed by atoms with Crippen LogP contribution in [0.1, 0.15) is 18.9 Å². The quantitative estimate of drug-likeness (QED) is 0.782. The number of hydrogen-bond acceptors (Lipinski definition) is 2. The molecule has 1 rings (SSSR count). The molecule has 0 fully saturated rings. The fraction of sp³-hybridized carbons (Fsp3) is 0.400. The van der Waals surface area contributed by atoms with Gasteiger partial charge in [-0.2, -0.15) is 0 Å². The Kier molecular flexibility index (Phi) is 4.99. The highest BCUT2D eigenvalue weighted by molar-refractivity contribution is 5.85. The highest BCUT2D eigenvalue weighted by atomic mass is 35.5. The highest BCUT2D eigenvalue weighted by Gasteiger charge is 2.23.